The molecule has 0 bridgehead atoms. The molecule has 0 radical (unpaired) electrons. The minimum Gasteiger partial charge on any atom is -1.00 e. The van der Waals surface area contributed by atoms with Crippen LogP contribution in [0, 0.1) is 6.92 Å². The number of hydrogen-bond donors (Lipinski definition) is 1. The third kappa shape index (κ3) is 4.84. The predicted molar refractivity (Wildman–Crippen MR) is 78.3 cm³/mol. The molecule has 4 nitrogen and oxygen atoms in total. The van der Waals surface area contributed by atoms with Gasteiger partial charge in [0.25, 0.3) is 0 Å². The number of hydrogen-bond acceptors (Lipinski definition) is 2. The first kappa shape index (κ1) is 19.6. The Labute approximate surface area is 133 Å². The molecule has 20 heavy (non-hydrogen) atoms. The third-order valence-electron chi connectivity index (χ3n) is 3.93. The molecule has 0 saturated carbocycles. The van der Waals surface area contributed by atoms with Crippen LogP contribution in [0.2, 0.25) is 0 Å². The average Bonchev–Trinajstić information content (AvgIpc) is 2.41. The third-order valence-corrected chi connectivity index (χ3v) is 5.34. The highest BCUT2D eigenvalue weighted by atomic mass is 79.9. The predicted octanol–water partition coefficient (Wildman–Crippen LogP) is -0.889. The summed E-state index contributed by atoms with van der Waals surface area (Å²) in [6.45, 7) is 11.4. The summed E-state index contributed by atoms with van der Waals surface area (Å²) in [4.78, 5) is 0.333. The van der Waals surface area contributed by atoms with E-state index in [2.05, 4.69) is 25.5 Å². The number of halogens is 1. The van der Waals surface area contributed by atoms with E-state index in [1.807, 2.05) is 19.1 Å². The topological polar surface area (TPSA) is 46.2 Å². The van der Waals surface area contributed by atoms with Crippen LogP contribution in [0.4, 0.5) is 0 Å². The number of nitrogens with one attached hydrogen (secondary N) is 1. The fraction of sp³-hybridized carbons (Fsp3) is 0.571. The molecule has 0 unspecified atom stereocenters. The van der Waals surface area contributed by atoms with Crippen LogP contribution in [0.15, 0.2) is 29.2 Å². The summed E-state index contributed by atoms with van der Waals surface area (Å²) >= 11 is 0. The van der Waals surface area contributed by atoms with Crippen molar-refractivity contribution < 1.29 is 29.9 Å². The highest BCUT2D eigenvalue weighted by Crippen LogP contribution is 2.11. The lowest BCUT2D eigenvalue weighted by atomic mass is 10.2. The van der Waals surface area contributed by atoms with Gasteiger partial charge in [-0.1, -0.05) is 17.7 Å². The maximum atomic E-state index is 12.2. The molecule has 6 heteroatoms. The molecule has 0 atom stereocenters. The normalized spacial score (nSPS) is 12.0. The van der Waals surface area contributed by atoms with Crippen molar-refractivity contribution in [3.63, 3.8) is 0 Å². The molecule has 0 aliphatic heterocycles. The van der Waals surface area contributed by atoms with E-state index in [-0.39, 0.29) is 17.0 Å². The number of rotatable bonds is 7. The Kier molecular flexibility index (Phi) is 7.95. The Morgan fingerprint density at radius 3 is 1.85 bits per heavy atom. The standard InChI is InChI=1S/C14H25N2O2S.BrH/c1-5-16(6-2,7-3)12-15-19(17,18)14-10-8-13(4)9-11-14;/h8-11,15H,5-7,12H2,1-4H3;1H/q+1;/p-1. The Morgan fingerprint density at radius 2 is 1.45 bits per heavy atom. The SMILES string of the molecule is CC[N+](CC)(CC)CNS(=O)(=O)c1ccc(C)cc1.[Br-]. The first-order valence-corrected chi connectivity index (χ1v) is 8.29. The lowest BCUT2D eigenvalue weighted by molar-refractivity contribution is -0.924. The van der Waals surface area contributed by atoms with Crippen molar-refractivity contribution in [1.29, 1.82) is 0 Å². The van der Waals surface area contributed by atoms with Crippen LogP contribution in [0.3, 0.4) is 0 Å². The van der Waals surface area contributed by atoms with Crippen LogP contribution < -0.4 is 21.7 Å². The van der Waals surface area contributed by atoms with E-state index >= 15 is 0 Å². The van der Waals surface area contributed by atoms with Gasteiger partial charge in [-0.25, -0.2) is 8.42 Å². The molecular formula is C14H25BrN2O2S. The fourth-order valence-electron chi connectivity index (χ4n) is 2.03. The van der Waals surface area contributed by atoms with Crippen molar-refractivity contribution in [3.05, 3.63) is 29.8 Å². The summed E-state index contributed by atoms with van der Waals surface area (Å²) in [6.07, 6.45) is 0. The maximum Gasteiger partial charge on any atom is 0.244 e. The van der Waals surface area contributed by atoms with Gasteiger partial charge in [-0.2, -0.15) is 4.72 Å². The van der Waals surface area contributed by atoms with Crippen LogP contribution in [-0.2, 0) is 10.0 Å². The van der Waals surface area contributed by atoms with Crippen LogP contribution >= 0.6 is 0 Å². The van der Waals surface area contributed by atoms with Gasteiger partial charge >= 0.3 is 0 Å². The van der Waals surface area contributed by atoms with Crippen molar-refractivity contribution >= 4 is 10.0 Å². The van der Waals surface area contributed by atoms with Crippen molar-refractivity contribution in [2.75, 3.05) is 26.3 Å². The van der Waals surface area contributed by atoms with E-state index in [9.17, 15) is 8.42 Å². The Hall–Kier alpha value is -0.430. The summed E-state index contributed by atoms with van der Waals surface area (Å²) in [5, 5.41) is 0. The van der Waals surface area contributed by atoms with Crippen LogP contribution in [0.5, 0.6) is 0 Å². The van der Waals surface area contributed by atoms with Gasteiger partial charge in [0.2, 0.25) is 10.0 Å². The quantitative estimate of drug-likeness (QED) is 0.504. The van der Waals surface area contributed by atoms with E-state index < -0.39 is 10.0 Å². The Bertz CT molecular complexity index is 488. The highest BCUT2D eigenvalue weighted by molar-refractivity contribution is 7.89. The van der Waals surface area contributed by atoms with E-state index in [0.717, 1.165) is 29.7 Å². The molecule has 0 aromatic heterocycles. The molecule has 1 aromatic rings. The van der Waals surface area contributed by atoms with E-state index in [1.54, 1.807) is 12.1 Å². The monoisotopic (exact) mass is 364 g/mol. The molecule has 0 spiro atoms. The molecule has 1 aromatic carbocycles. The number of sulfonamides is 1. The number of benzene rings is 1. The molecule has 0 saturated heterocycles. The molecule has 116 valence electrons. The summed E-state index contributed by atoms with van der Waals surface area (Å²) in [7, 11) is -3.41. The smallest absolute Gasteiger partial charge is 0.244 e. The molecule has 0 aliphatic rings. The van der Waals surface area contributed by atoms with Crippen LogP contribution in [0.1, 0.15) is 26.3 Å². The van der Waals surface area contributed by atoms with Gasteiger partial charge in [0, 0.05) is 0 Å². The minimum atomic E-state index is -3.41. The van der Waals surface area contributed by atoms with Crippen molar-refractivity contribution in [1.82, 2.24) is 4.72 Å². The minimum absolute atomic E-state index is 0. The first-order valence-electron chi connectivity index (χ1n) is 6.80. The molecule has 0 aliphatic carbocycles. The molecule has 0 heterocycles. The second-order valence-electron chi connectivity index (χ2n) is 4.91. The molecular weight excluding hydrogens is 340 g/mol. The lowest BCUT2D eigenvalue weighted by Gasteiger charge is -2.35. The van der Waals surface area contributed by atoms with Crippen molar-refractivity contribution in [3.8, 4) is 0 Å². The van der Waals surface area contributed by atoms with Crippen LogP contribution in [-0.4, -0.2) is 39.2 Å². The van der Waals surface area contributed by atoms with Crippen molar-refractivity contribution in [2.24, 2.45) is 0 Å². The lowest BCUT2D eigenvalue weighted by Crippen LogP contribution is -3.00. The molecule has 1 rings (SSSR count). The zero-order valence-electron chi connectivity index (χ0n) is 12.7. The van der Waals surface area contributed by atoms with Crippen LogP contribution in [0.25, 0.3) is 0 Å². The van der Waals surface area contributed by atoms with Gasteiger partial charge in [0.05, 0.1) is 24.5 Å². The van der Waals surface area contributed by atoms with Crippen molar-refractivity contribution in [2.45, 2.75) is 32.6 Å². The fourth-order valence-corrected chi connectivity index (χ4v) is 3.13. The van der Waals surface area contributed by atoms with E-state index in [4.69, 9.17) is 0 Å². The van der Waals surface area contributed by atoms with Gasteiger partial charge in [-0.3, -0.25) is 0 Å². The van der Waals surface area contributed by atoms with Gasteiger partial charge in [0.1, 0.15) is 6.67 Å². The zero-order valence-corrected chi connectivity index (χ0v) is 15.1. The highest BCUT2D eigenvalue weighted by Gasteiger charge is 2.24. The summed E-state index contributed by atoms with van der Waals surface area (Å²) < 4.78 is 27.9. The maximum absolute atomic E-state index is 12.2. The second kappa shape index (κ2) is 8.12. The second-order valence-corrected chi connectivity index (χ2v) is 6.68. The average molecular weight is 365 g/mol. The number of quaternary nitrogens is 1. The first-order chi connectivity index (χ1) is 8.89. The van der Waals surface area contributed by atoms with Gasteiger partial charge in [-0.15, -0.1) is 0 Å². The largest absolute Gasteiger partial charge is 1.00 e. The Morgan fingerprint density at radius 1 is 1.00 bits per heavy atom. The zero-order chi connectivity index (χ0) is 14.5. The summed E-state index contributed by atoms with van der Waals surface area (Å²) in [6, 6.07) is 6.93. The molecule has 0 fully saturated rings. The van der Waals surface area contributed by atoms with Gasteiger partial charge < -0.3 is 21.5 Å². The summed E-state index contributed by atoms with van der Waals surface area (Å²) in [5.74, 6) is 0. The Balaban J connectivity index is 0.00000361. The molecule has 0 amide bonds. The van der Waals surface area contributed by atoms with Gasteiger partial charge in [0.15, 0.2) is 0 Å². The summed E-state index contributed by atoms with van der Waals surface area (Å²) in [5.41, 5.74) is 1.06. The van der Waals surface area contributed by atoms with E-state index in [0.29, 0.717) is 11.6 Å². The molecule has 1 N–H and O–H groups in total. The van der Waals surface area contributed by atoms with E-state index in [1.165, 1.54) is 0 Å². The number of nitrogens with zero attached hydrogens (tertiary/aromatic N) is 1. The van der Waals surface area contributed by atoms with Gasteiger partial charge in [-0.05, 0) is 39.8 Å². The number of aryl methyl sites for hydroxylation is 1.